The van der Waals surface area contributed by atoms with Crippen molar-refractivity contribution in [2.45, 2.75) is 43.6 Å². The van der Waals surface area contributed by atoms with Crippen molar-refractivity contribution in [3.8, 4) is 0 Å². The van der Waals surface area contributed by atoms with E-state index in [2.05, 4.69) is 11.9 Å². The van der Waals surface area contributed by atoms with Gasteiger partial charge in [-0.3, -0.25) is 4.79 Å². The smallest absolute Gasteiger partial charge is 0.261 e. The van der Waals surface area contributed by atoms with E-state index in [9.17, 15) is 13.6 Å². The summed E-state index contributed by atoms with van der Waals surface area (Å²) in [6, 6.07) is 9.14. The second-order valence-electron chi connectivity index (χ2n) is 8.08. The summed E-state index contributed by atoms with van der Waals surface area (Å²) in [6.07, 6.45) is 6.02. The molecule has 1 fully saturated rings. The molecule has 6 heteroatoms. The lowest BCUT2D eigenvalue weighted by Crippen LogP contribution is -2.52. The number of rotatable bonds is 5. The molecule has 1 N–H and O–H groups in total. The highest BCUT2D eigenvalue weighted by atomic mass is 35.5. The van der Waals surface area contributed by atoms with Crippen molar-refractivity contribution in [3.05, 3.63) is 76.8 Å². The van der Waals surface area contributed by atoms with Crippen molar-refractivity contribution in [2.24, 2.45) is 0 Å². The van der Waals surface area contributed by atoms with Crippen molar-refractivity contribution in [1.29, 1.82) is 0 Å². The van der Waals surface area contributed by atoms with Crippen LogP contribution in [0.1, 0.15) is 48.0 Å². The van der Waals surface area contributed by atoms with E-state index in [4.69, 9.17) is 11.6 Å². The molecule has 0 saturated carbocycles. The van der Waals surface area contributed by atoms with Crippen molar-refractivity contribution in [1.82, 2.24) is 5.32 Å². The average Bonchev–Trinajstić information content (AvgIpc) is 2.99. The predicted molar refractivity (Wildman–Crippen MR) is 116 cm³/mol. The van der Waals surface area contributed by atoms with Gasteiger partial charge in [0.2, 0.25) is 0 Å². The Labute approximate surface area is 180 Å². The number of benzene rings is 2. The second kappa shape index (κ2) is 8.48. The number of allylic oxidation sites excluding steroid dienone is 1. The van der Waals surface area contributed by atoms with Crippen molar-refractivity contribution in [3.63, 3.8) is 0 Å². The van der Waals surface area contributed by atoms with E-state index in [0.29, 0.717) is 5.02 Å². The van der Waals surface area contributed by atoms with Crippen LogP contribution in [0.15, 0.2) is 49.1 Å². The van der Waals surface area contributed by atoms with Crippen molar-refractivity contribution in [2.75, 3.05) is 18.0 Å². The number of carbonyl (C=O) groups excluding carboxylic acids is 1. The number of anilines is 1. The number of piperidine rings is 1. The quantitative estimate of drug-likeness (QED) is 0.493. The molecule has 0 aromatic heterocycles. The van der Waals surface area contributed by atoms with Gasteiger partial charge in [0, 0.05) is 22.2 Å². The van der Waals surface area contributed by atoms with Crippen LogP contribution in [0.25, 0.3) is 0 Å². The molecule has 1 saturated heterocycles. The third-order valence-corrected chi connectivity index (χ3v) is 6.72. The Morgan fingerprint density at radius 3 is 2.77 bits per heavy atom. The SMILES string of the molecule is C=CCCC[C@H]1N(C(=O)c2cccc(F)c2F)c2ccc(Cl)cc2C12CCNCC2. The number of hydrogen-bond acceptors (Lipinski definition) is 2. The molecule has 3 nitrogen and oxygen atoms in total. The van der Waals surface area contributed by atoms with Gasteiger partial charge in [0.25, 0.3) is 5.91 Å². The molecule has 2 aliphatic heterocycles. The zero-order valence-corrected chi connectivity index (χ0v) is 17.5. The number of nitrogens with zero attached hydrogens (tertiary/aromatic N) is 1. The molecule has 0 bridgehead atoms. The number of fused-ring (bicyclic) bond motifs is 2. The first-order chi connectivity index (χ1) is 14.5. The van der Waals surface area contributed by atoms with Crippen LogP contribution in [0.3, 0.4) is 0 Å². The Kier molecular flexibility index (Phi) is 5.94. The van der Waals surface area contributed by atoms with Crippen molar-refractivity contribution >= 4 is 23.2 Å². The Bertz CT molecular complexity index is 972. The van der Waals surface area contributed by atoms with E-state index in [-0.39, 0.29) is 17.0 Å². The maximum atomic E-state index is 14.5. The predicted octanol–water partition coefficient (Wildman–Crippen LogP) is 5.62. The van der Waals surface area contributed by atoms with Crippen LogP contribution in [0.4, 0.5) is 14.5 Å². The van der Waals surface area contributed by atoms with Crippen LogP contribution in [-0.2, 0) is 5.41 Å². The average molecular weight is 431 g/mol. The minimum atomic E-state index is -1.10. The number of hydrogen-bond donors (Lipinski definition) is 1. The fraction of sp³-hybridized carbons (Fsp3) is 0.375. The van der Waals surface area contributed by atoms with Crippen LogP contribution in [-0.4, -0.2) is 25.0 Å². The Hall–Kier alpha value is -2.24. The molecular weight excluding hydrogens is 406 g/mol. The summed E-state index contributed by atoms with van der Waals surface area (Å²) in [4.78, 5) is 15.3. The molecule has 158 valence electrons. The van der Waals surface area contributed by atoms with E-state index in [1.54, 1.807) is 11.0 Å². The summed E-state index contributed by atoms with van der Waals surface area (Å²) < 4.78 is 28.4. The van der Waals surface area contributed by atoms with Crippen LogP contribution in [0, 0.1) is 11.6 Å². The molecule has 0 unspecified atom stereocenters. The van der Waals surface area contributed by atoms with Gasteiger partial charge >= 0.3 is 0 Å². The molecule has 1 atom stereocenters. The molecule has 2 aromatic rings. The van der Waals surface area contributed by atoms with Gasteiger partial charge in [-0.05, 0) is 81.1 Å². The summed E-state index contributed by atoms with van der Waals surface area (Å²) in [6.45, 7) is 5.47. The highest BCUT2D eigenvalue weighted by molar-refractivity contribution is 6.30. The Morgan fingerprint density at radius 1 is 1.27 bits per heavy atom. The molecule has 30 heavy (non-hydrogen) atoms. The molecule has 2 heterocycles. The van der Waals surface area contributed by atoms with E-state index in [0.717, 1.165) is 62.5 Å². The maximum Gasteiger partial charge on any atom is 0.261 e. The summed E-state index contributed by atoms with van der Waals surface area (Å²) in [5.41, 5.74) is 1.28. The molecule has 2 aliphatic rings. The first-order valence-corrected chi connectivity index (χ1v) is 10.8. The zero-order chi connectivity index (χ0) is 21.3. The van der Waals surface area contributed by atoms with Crippen LogP contribution in [0.2, 0.25) is 5.02 Å². The highest BCUT2D eigenvalue weighted by Gasteiger charge is 2.53. The molecule has 1 spiro atoms. The Morgan fingerprint density at radius 2 is 2.03 bits per heavy atom. The van der Waals surface area contributed by atoms with Gasteiger partial charge in [-0.15, -0.1) is 6.58 Å². The molecular formula is C24H25ClF2N2O. The van der Waals surface area contributed by atoms with Gasteiger partial charge in [0.1, 0.15) is 0 Å². The maximum absolute atomic E-state index is 14.5. The van der Waals surface area contributed by atoms with Gasteiger partial charge < -0.3 is 10.2 Å². The molecule has 4 rings (SSSR count). The molecule has 2 aromatic carbocycles. The third-order valence-electron chi connectivity index (χ3n) is 6.49. The van der Waals surface area contributed by atoms with Gasteiger partial charge in [0.15, 0.2) is 11.6 Å². The standard InChI is InChI=1S/C24H25ClF2N2O/c1-2-3-4-8-21-24(11-13-28-14-12-24)18-15-16(25)9-10-20(18)29(21)23(30)17-6-5-7-19(26)22(17)27/h2,5-7,9-10,15,21,28H,1,3-4,8,11-14H2/t21-/m1/s1. The number of nitrogens with one attached hydrogen (secondary N) is 1. The highest BCUT2D eigenvalue weighted by Crippen LogP contribution is 2.53. The first kappa shape index (κ1) is 21.0. The second-order valence-corrected chi connectivity index (χ2v) is 8.52. The largest absolute Gasteiger partial charge is 0.317 e. The van der Waals surface area contributed by atoms with Gasteiger partial charge in [-0.2, -0.15) is 0 Å². The van der Waals surface area contributed by atoms with Crippen LogP contribution < -0.4 is 10.2 Å². The van der Waals surface area contributed by atoms with Gasteiger partial charge in [0.05, 0.1) is 5.56 Å². The number of unbranched alkanes of at least 4 members (excludes halogenated alkanes) is 1. The lowest BCUT2D eigenvalue weighted by atomic mass is 9.68. The first-order valence-electron chi connectivity index (χ1n) is 10.4. The molecule has 0 radical (unpaired) electrons. The fourth-order valence-corrected chi connectivity index (χ4v) is 5.27. The lowest BCUT2D eigenvalue weighted by Gasteiger charge is -2.42. The zero-order valence-electron chi connectivity index (χ0n) is 16.8. The van der Waals surface area contributed by atoms with E-state index in [1.807, 2.05) is 18.2 Å². The third kappa shape index (κ3) is 3.44. The van der Waals surface area contributed by atoms with Gasteiger partial charge in [-0.25, -0.2) is 8.78 Å². The normalized spacial score (nSPS) is 19.7. The van der Waals surface area contributed by atoms with Crippen molar-refractivity contribution < 1.29 is 13.6 Å². The van der Waals surface area contributed by atoms with Gasteiger partial charge in [-0.1, -0.05) is 23.7 Å². The van der Waals surface area contributed by atoms with E-state index >= 15 is 0 Å². The minimum absolute atomic E-state index is 0.150. The molecule has 0 aliphatic carbocycles. The van der Waals surface area contributed by atoms with E-state index < -0.39 is 17.5 Å². The lowest BCUT2D eigenvalue weighted by molar-refractivity contribution is 0.0956. The summed E-state index contributed by atoms with van der Waals surface area (Å²) >= 11 is 6.35. The topological polar surface area (TPSA) is 32.3 Å². The summed E-state index contributed by atoms with van der Waals surface area (Å²) in [7, 11) is 0. The summed E-state index contributed by atoms with van der Waals surface area (Å²) in [5, 5.41) is 4.01. The van der Waals surface area contributed by atoms with Crippen LogP contribution in [0.5, 0.6) is 0 Å². The number of amides is 1. The minimum Gasteiger partial charge on any atom is -0.317 e. The fourth-order valence-electron chi connectivity index (χ4n) is 5.10. The number of halogens is 3. The molecule has 1 amide bonds. The van der Waals surface area contributed by atoms with E-state index in [1.165, 1.54) is 12.1 Å². The number of carbonyl (C=O) groups is 1. The summed E-state index contributed by atoms with van der Waals surface area (Å²) in [5.74, 6) is -2.63. The Balaban J connectivity index is 1.85. The van der Waals surface area contributed by atoms with Crippen LogP contribution >= 0.6 is 11.6 Å². The monoisotopic (exact) mass is 430 g/mol.